The van der Waals surface area contributed by atoms with Crippen molar-refractivity contribution >= 4 is 37.6 Å². The van der Waals surface area contributed by atoms with Gasteiger partial charge in [0.25, 0.3) is 10.0 Å². The van der Waals surface area contributed by atoms with E-state index in [4.69, 9.17) is 0 Å². The molecule has 0 radical (unpaired) electrons. The lowest BCUT2D eigenvalue weighted by Gasteiger charge is -2.16. The average Bonchev–Trinajstić information content (AvgIpc) is 3.68. The summed E-state index contributed by atoms with van der Waals surface area (Å²) in [5.41, 5.74) is 3.28. The Hall–Kier alpha value is -5.52. The first kappa shape index (κ1) is 27.6. The Balaban J connectivity index is 0.000000167. The third kappa shape index (κ3) is 5.54. The number of nitrogens with zero attached hydrogens (tertiary/aromatic N) is 5. The Labute approximate surface area is 246 Å². The van der Waals surface area contributed by atoms with Gasteiger partial charge in [-0.05, 0) is 66.2 Å². The van der Waals surface area contributed by atoms with Gasteiger partial charge in [-0.3, -0.25) is 24.7 Å². The molecule has 6 aromatic heterocycles. The van der Waals surface area contributed by atoms with Gasteiger partial charge in [-0.2, -0.15) is 0 Å². The molecule has 0 aliphatic rings. The fourth-order valence-electron chi connectivity index (χ4n) is 4.67. The van der Waals surface area contributed by atoms with Crippen molar-refractivity contribution in [1.82, 2.24) is 28.9 Å². The Morgan fingerprint density at radius 3 is 2.07 bits per heavy atom. The minimum Gasteiger partial charge on any atom is -0.382 e. The second kappa shape index (κ2) is 11.8. The van der Waals surface area contributed by atoms with E-state index in [1.54, 1.807) is 98.0 Å². The molecule has 6 heterocycles. The first-order valence-electron chi connectivity index (χ1n) is 13.1. The van der Waals surface area contributed by atoms with Crippen molar-refractivity contribution in [3.05, 3.63) is 151 Å². The van der Waals surface area contributed by atoms with E-state index < -0.39 is 16.1 Å². The van der Waals surface area contributed by atoms with Gasteiger partial charge in [-0.15, -0.1) is 0 Å². The number of hydrogen-bond acceptors (Lipinski definition) is 8. The smallest absolute Gasteiger partial charge is 0.268 e. The first-order valence-corrected chi connectivity index (χ1v) is 14.6. The molecule has 0 fully saturated rings. The lowest BCUT2D eigenvalue weighted by molar-refractivity contribution is 0.103. The van der Waals surface area contributed by atoms with E-state index in [1.807, 2.05) is 12.1 Å². The Morgan fingerprint density at radius 1 is 0.744 bits per heavy atom. The number of benzene rings is 1. The minimum absolute atomic E-state index is 0.0383. The summed E-state index contributed by atoms with van der Waals surface area (Å²) in [6.07, 6.45) is 11.7. The fraction of sp³-hybridized carbons (Fsp3) is 0.0312. The van der Waals surface area contributed by atoms with E-state index in [9.17, 15) is 18.3 Å². The molecule has 0 saturated carbocycles. The topological polar surface area (TPSA) is 144 Å². The number of hydrogen-bond donors (Lipinski definition) is 2. The zero-order valence-electron chi connectivity index (χ0n) is 22.5. The van der Waals surface area contributed by atoms with Crippen LogP contribution in [0.4, 0.5) is 0 Å². The van der Waals surface area contributed by atoms with Crippen molar-refractivity contribution in [3.63, 3.8) is 0 Å². The molecule has 1 aromatic carbocycles. The molecule has 0 spiro atoms. The summed E-state index contributed by atoms with van der Waals surface area (Å²) in [5.74, 6) is -0.0383. The number of carbonyl (C=O) groups excluding carboxylic acids is 1. The highest BCUT2D eigenvalue weighted by atomic mass is 32.2. The van der Waals surface area contributed by atoms with Gasteiger partial charge in [-0.1, -0.05) is 18.2 Å². The molecule has 0 saturated heterocycles. The van der Waals surface area contributed by atoms with Crippen molar-refractivity contribution in [1.29, 1.82) is 0 Å². The number of aromatic nitrogens is 6. The number of aliphatic hydroxyl groups excluding tert-OH is 1. The van der Waals surface area contributed by atoms with Gasteiger partial charge in [0, 0.05) is 53.5 Å². The molecule has 43 heavy (non-hydrogen) atoms. The van der Waals surface area contributed by atoms with Crippen LogP contribution < -0.4 is 0 Å². The predicted molar refractivity (Wildman–Crippen MR) is 161 cm³/mol. The van der Waals surface area contributed by atoms with E-state index in [-0.39, 0.29) is 16.4 Å². The number of H-pyrrole nitrogens is 1. The van der Waals surface area contributed by atoms with Crippen molar-refractivity contribution in [2.75, 3.05) is 0 Å². The number of carbonyl (C=O) groups is 1. The highest BCUT2D eigenvalue weighted by Crippen LogP contribution is 2.31. The number of rotatable bonds is 6. The number of fused-ring (bicyclic) bond motifs is 2. The largest absolute Gasteiger partial charge is 0.382 e. The van der Waals surface area contributed by atoms with Crippen LogP contribution in [0.2, 0.25) is 0 Å². The van der Waals surface area contributed by atoms with Crippen LogP contribution in [0.15, 0.2) is 133 Å². The summed E-state index contributed by atoms with van der Waals surface area (Å²) < 4.78 is 27.7. The normalized spacial score (nSPS) is 12.0. The zero-order valence-corrected chi connectivity index (χ0v) is 23.3. The van der Waals surface area contributed by atoms with Gasteiger partial charge in [0.05, 0.1) is 39.7 Å². The maximum Gasteiger partial charge on any atom is 0.268 e. The van der Waals surface area contributed by atoms with Crippen LogP contribution in [-0.2, 0) is 10.0 Å². The summed E-state index contributed by atoms with van der Waals surface area (Å²) in [6.45, 7) is 0. The molecule has 1 atom stereocenters. The molecule has 0 amide bonds. The van der Waals surface area contributed by atoms with E-state index in [0.29, 0.717) is 27.7 Å². The third-order valence-electron chi connectivity index (χ3n) is 6.78. The van der Waals surface area contributed by atoms with Crippen LogP contribution >= 0.6 is 0 Å². The van der Waals surface area contributed by atoms with E-state index in [1.165, 1.54) is 18.3 Å². The van der Waals surface area contributed by atoms with Crippen LogP contribution in [0.1, 0.15) is 33.4 Å². The van der Waals surface area contributed by atoms with Gasteiger partial charge in [0.1, 0.15) is 6.10 Å². The summed E-state index contributed by atoms with van der Waals surface area (Å²) in [7, 11) is -3.90. The fourth-order valence-corrected chi connectivity index (χ4v) is 6.23. The molecule has 2 N–H and O–H groups in total. The van der Waals surface area contributed by atoms with Gasteiger partial charge in [0.15, 0.2) is 0 Å². The monoisotopic (exact) mass is 588 g/mol. The Morgan fingerprint density at radius 2 is 1.37 bits per heavy atom. The third-order valence-corrected chi connectivity index (χ3v) is 8.54. The Bertz CT molecular complexity index is 2100. The molecule has 0 aliphatic carbocycles. The minimum atomic E-state index is -3.90. The number of aliphatic hydroxyl groups is 1. The molecular formula is C32H24N6O4S. The molecule has 7 rings (SSSR count). The maximum atomic E-state index is 13.3. The van der Waals surface area contributed by atoms with Gasteiger partial charge in [-0.25, -0.2) is 12.4 Å². The first-order chi connectivity index (χ1) is 20.9. The van der Waals surface area contributed by atoms with Crippen LogP contribution in [0, 0.1) is 0 Å². The van der Waals surface area contributed by atoms with Crippen molar-refractivity contribution in [2.24, 2.45) is 0 Å². The second-order valence-corrected chi connectivity index (χ2v) is 11.3. The van der Waals surface area contributed by atoms with Gasteiger partial charge in [0.2, 0.25) is 5.78 Å². The summed E-state index contributed by atoms with van der Waals surface area (Å²) in [5, 5.41) is 12.5. The Kier molecular flexibility index (Phi) is 7.56. The van der Waals surface area contributed by atoms with E-state index >= 15 is 0 Å². The molecular weight excluding hydrogens is 564 g/mol. The molecule has 212 valence electrons. The second-order valence-electron chi connectivity index (χ2n) is 9.48. The summed E-state index contributed by atoms with van der Waals surface area (Å²) in [4.78, 5) is 31.2. The highest BCUT2D eigenvalue weighted by molar-refractivity contribution is 7.90. The van der Waals surface area contributed by atoms with Crippen LogP contribution in [-0.4, -0.2) is 48.2 Å². The summed E-state index contributed by atoms with van der Waals surface area (Å²) >= 11 is 0. The highest BCUT2D eigenvalue weighted by Gasteiger charge is 2.27. The molecule has 1 unspecified atom stereocenters. The number of nitrogens with one attached hydrogen (secondary N) is 1. The average molecular weight is 589 g/mol. The summed E-state index contributed by atoms with van der Waals surface area (Å²) in [6, 6.07) is 21.9. The maximum absolute atomic E-state index is 13.3. The molecule has 11 heteroatoms. The quantitative estimate of drug-likeness (QED) is 0.260. The number of ketones is 1. The number of aromatic amines is 1. The van der Waals surface area contributed by atoms with Gasteiger partial charge >= 0.3 is 0 Å². The van der Waals surface area contributed by atoms with Gasteiger partial charge < -0.3 is 10.1 Å². The standard InChI is InChI=1S/C19H15N3O3S.C13H9N3O/c23-19(14-6-9-20-10-7-14)17-12-15-8-11-21-13-18(15)22(17)26(24,25)16-4-2-1-3-5-16;17-13(9-1-4-14-5-2-9)11-7-10-3-6-15-8-12(10)16-11/h1-13,19,23H;1-8,16H. The number of pyridine rings is 4. The van der Waals surface area contributed by atoms with Crippen molar-refractivity contribution in [3.8, 4) is 0 Å². The van der Waals surface area contributed by atoms with Crippen molar-refractivity contribution < 1.29 is 18.3 Å². The lowest BCUT2D eigenvalue weighted by atomic mass is 10.1. The van der Waals surface area contributed by atoms with E-state index in [2.05, 4.69) is 24.9 Å². The molecule has 10 nitrogen and oxygen atoms in total. The molecule has 0 aliphatic heterocycles. The molecule has 7 aromatic rings. The van der Waals surface area contributed by atoms with Crippen LogP contribution in [0.5, 0.6) is 0 Å². The van der Waals surface area contributed by atoms with Crippen molar-refractivity contribution in [2.45, 2.75) is 11.0 Å². The predicted octanol–water partition coefficient (Wildman–Crippen LogP) is 4.94. The lowest BCUT2D eigenvalue weighted by Crippen LogP contribution is -2.18. The van der Waals surface area contributed by atoms with Crippen LogP contribution in [0.3, 0.4) is 0 Å². The SMILES string of the molecule is O=C(c1ccncc1)c1cc2ccncc2[nH]1.O=S(=O)(c1ccccc1)n1c(C(O)c2ccncc2)cc2ccncc21. The van der Waals surface area contributed by atoms with E-state index in [0.717, 1.165) is 14.9 Å². The zero-order chi connectivity index (χ0) is 29.8. The van der Waals surface area contributed by atoms with Crippen LogP contribution in [0.25, 0.3) is 21.8 Å². The molecule has 0 bridgehead atoms.